The quantitative estimate of drug-likeness (QED) is 0.565. The number of anilines is 2. The second-order valence-electron chi connectivity index (χ2n) is 8.36. The Hall–Kier alpha value is -3.00. The molecule has 0 bridgehead atoms. The summed E-state index contributed by atoms with van der Waals surface area (Å²) in [7, 11) is 5.75. The van der Waals surface area contributed by atoms with E-state index in [0.717, 1.165) is 87.7 Å². The van der Waals surface area contributed by atoms with Crippen molar-refractivity contribution in [2.45, 2.75) is 6.54 Å². The molecule has 32 heavy (non-hydrogen) atoms. The molecule has 2 saturated heterocycles. The molecule has 0 saturated carbocycles. The summed E-state index contributed by atoms with van der Waals surface area (Å²) in [5.41, 5.74) is 2.32. The van der Waals surface area contributed by atoms with Crippen molar-refractivity contribution in [3.63, 3.8) is 0 Å². The van der Waals surface area contributed by atoms with E-state index < -0.39 is 0 Å². The van der Waals surface area contributed by atoms with Gasteiger partial charge >= 0.3 is 0 Å². The fraction of sp³-hybridized carbons (Fsp3) is 0.500. The van der Waals surface area contributed by atoms with Crippen LogP contribution in [-0.2, 0) is 6.54 Å². The van der Waals surface area contributed by atoms with E-state index in [2.05, 4.69) is 61.2 Å². The first-order chi connectivity index (χ1) is 15.7. The molecule has 2 aliphatic rings. The maximum absolute atomic E-state index is 5.53. The Bertz CT molecular complexity index is 885. The van der Waals surface area contributed by atoms with Gasteiger partial charge in [0, 0.05) is 72.1 Å². The number of piperazine rings is 2. The highest BCUT2D eigenvalue weighted by molar-refractivity contribution is 5.80. The first-order valence-corrected chi connectivity index (χ1v) is 11.4. The summed E-state index contributed by atoms with van der Waals surface area (Å²) in [5, 5.41) is 3.51. The number of methoxy groups -OCH3 is 1. The summed E-state index contributed by atoms with van der Waals surface area (Å²) < 4.78 is 5.53. The van der Waals surface area contributed by atoms with Gasteiger partial charge in [0.15, 0.2) is 5.96 Å². The minimum Gasteiger partial charge on any atom is -0.495 e. The van der Waals surface area contributed by atoms with Crippen LogP contribution >= 0.6 is 0 Å². The molecule has 3 heterocycles. The normalized spacial score (nSPS) is 18.1. The van der Waals surface area contributed by atoms with E-state index >= 15 is 0 Å². The molecule has 172 valence electrons. The van der Waals surface area contributed by atoms with Gasteiger partial charge in [0.05, 0.1) is 12.8 Å². The monoisotopic (exact) mass is 437 g/mol. The SMILES string of the molecule is CN=C(NCc1ccc(N2CCN(C)CC2)nc1)N1CCN(c2ccccc2OC)CC1. The van der Waals surface area contributed by atoms with Gasteiger partial charge in [-0.1, -0.05) is 18.2 Å². The average Bonchev–Trinajstić information content (AvgIpc) is 2.86. The molecule has 1 N–H and O–H groups in total. The van der Waals surface area contributed by atoms with Crippen LogP contribution in [0.3, 0.4) is 0 Å². The number of nitrogens with one attached hydrogen (secondary N) is 1. The second-order valence-corrected chi connectivity index (χ2v) is 8.36. The van der Waals surface area contributed by atoms with Crippen molar-refractivity contribution in [3.05, 3.63) is 48.2 Å². The van der Waals surface area contributed by atoms with Crippen molar-refractivity contribution >= 4 is 17.5 Å². The van der Waals surface area contributed by atoms with Gasteiger partial charge in [-0.15, -0.1) is 0 Å². The van der Waals surface area contributed by atoms with Gasteiger partial charge in [-0.2, -0.15) is 0 Å². The van der Waals surface area contributed by atoms with Gasteiger partial charge < -0.3 is 29.7 Å². The first-order valence-electron chi connectivity index (χ1n) is 11.4. The lowest BCUT2D eigenvalue weighted by Crippen LogP contribution is -2.52. The van der Waals surface area contributed by atoms with E-state index in [9.17, 15) is 0 Å². The first kappa shape index (κ1) is 22.2. The highest BCUT2D eigenvalue weighted by Crippen LogP contribution is 2.28. The van der Waals surface area contributed by atoms with Crippen LogP contribution in [0.4, 0.5) is 11.5 Å². The number of benzene rings is 1. The number of aliphatic imine (C=N–C) groups is 1. The summed E-state index contributed by atoms with van der Waals surface area (Å²) in [6, 6.07) is 12.5. The number of likely N-dealkylation sites (N-methyl/N-ethyl adjacent to an activating group) is 1. The molecule has 0 radical (unpaired) electrons. The predicted octanol–water partition coefficient (Wildman–Crippen LogP) is 1.74. The fourth-order valence-corrected chi connectivity index (χ4v) is 4.31. The number of nitrogens with zero attached hydrogens (tertiary/aromatic N) is 6. The molecule has 2 fully saturated rings. The topological polar surface area (TPSA) is 59.5 Å². The molecule has 0 spiro atoms. The van der Waals surface area contributed by atoms with Gasteiger partial charge in [0.25, 0.3) is 0 Å². The summed E-state index contributed by atoms with van der Waals surface area (Å²) in [5.74, 6) is 2.93. The molecule has 8 heteroatoms. The molecule has 2 aliphatic heterocycles. The molecule has 2 aromatic rings. The molecule has 1 aromatic heterocycles. The summed E-state index contributed by atoms with van der Waals surface area (Å²) in [6.45, 7) is 8.66. The van der Waals surface area contributed by atoms with Crippen molar-refractivity contribution in [1.29, 1.82) is 0 Å². The zero-order chi connectivity index (χ0) is 22.3. The molecule has 0 unspecified atom stereocenters. The van der Waals surface area contributed by atoms with Crippen molar-refractivity contribution in [1.82, 2.24) is 20.1 Å². The van der Waals surface area contributed by atoms with Crippen molar-refractivity contribution in [2.24, 2.45) is 4.99 Å². The summed E-state index contributed by atoms with van der Waals surface area (Å²) >= 11 is 0. The minimum atomic E-state index is 0.718. The zero-order valence-electron chi connectivity index (χ0n) is 19.5. The minimum absolute atomic E-state index is 0.718. The molecule has 8 nitrogen and oxygen atoms in total. The maximum Gasteiger partial charge on any atom is 0.194 e. The van der Waals surface area contributed by atoms with Crippen LogP contribution in [0.25, 0.3) is 0 Å². The number of ether oxygens (including phenoxy) is 1. The Balaban J connectivity index is 1.28. The average molecular weight is 438 g/mol. The third-order valence-electron chi connectivity index (χ3n) is 6.30. The van der Waals surface area contributed by atoms with E-state index in [1.807, 2.05) is 25.4 Å². The standard InChI is InChI=1S/C24H35N7O/c1-25-24(31-16-14-29(15-17-31)21-6-4-5-7-22(21)32-3)27-19-20-8-9-23(26-18-20)30-12-10-28(2)11-13-30/h4-9,18H,10-17,19H2,1-3H3,(H,25,27). The van der Waals surface area contributed by atoms with Crippen molar-refractivity contribution in [3.8, 4) is 5.75 Å². The highest BCUT2D eigenvalue weighted by Gasteiger charge is 2.21. The van der Waals surface area contributed by atoms with Gasteiger partial charge in [0.2, 0.25) is 0 Å². The summed E-state index contributed by atoms with van der Waals surface area (Å²) in [6.07, 6.45) is 1.98. The molecule has 0 amide bonds. The molecule has 0 atom stereocenters. The van der Waals surface area contributed by atoms with Crippen molar-refractivity contribution in [2.75, 3.05) is 83.4 Å². The third-order valence-corrected chi connectivity index (χ3v) is 6.30. The van der Waals surface area contributed by atoms with E-state index in [0.29, 0.717) is 0 Å². The molecule has 0 aliphatic carbocycles. The molecular weight excluding hydrogens is 402 g/mol. The van der Waals surface area contributed by atoms with Crippen LogP contribution in [0, 0.1) is 0 Å². The van der Waals surface area contributed by atoms with E-state index in [-0.39, 0.29) is 0 Å². The lowest BCUT2D eigenvalue weighted by Gasteiger charge is -2.38. The Morgan fingerprint density at radius 1 is 0.969 bits per heavy atom. The lowest BCUT2D eigenvalue weighted by molar-refractivity contribution is 0.312. The van der Waals surface area contributed by atoms with Crippen LogP contribution in [0.15, 0.2) is 47.6 Å². The smallest absolute Gasteiger partial charge is 0.194 e. The lowest BCUT2D eigenvalue weighted by atomic mass is 10.2. The molecule has 4 rings (SSSR count). The maximum atomic E-state index is 5.53. The van der Waals surface area contributed by atoms with Crippen LogP contribution in [0.2, 0.25) is 0 Å². The number of pyridine rings is 1. The third kappa shape index (κ3) is 5.24. The van der Waals surface area contributed by atoms with Gasteiger partial charge in [-0.05, 0) is 30.8 Å². The van der Waals surface area contributed by atoms with Crippen LogP contribution in [0.5, 0.6) is 5.75 Å². The molecule has 1 aromatic carbocycles. The Morgan fingerprint density at radius 2 is 1.69 bits per heavy atom. The highest BCUT2D eigenvalue weighted by atomic mass is 16.5. The number of rotatable bonds is 5. The Morgan fingerprint density at radius 3 is 2.34 bits per heavy atom. The van der Waals surface area contributed by atoms with Gasteiger partial charge in [0.1, 0.15) is 11.6 Å². The zero-order valence-corrected chi connectivity index (χ0v) is 19.5. The van der Waals surface area contributed by atoms with E-state index in [1.54, 1.807) is 7.11 Å². The number of para-hydroxylation sites is 2. The van der Waals surface area contributed by atoms with Crippen molar-refractivity contribution < 1.29 is 4.74 Å². The number of hydrogen-bond donors (Lipinski definition) is 1. The second kappa shape index (κ2) is 10.5. The Labute approximate surface area is 191 Å². The number of aromatic nitrogens is 1. The van der Waals surface area contributed by atoms with Crippen LogP contribution in [-0.4, -0.2) is 94.3 Å². The van der Waals surface area contributed by atoms with Gasteiger partial charge in [-0.3, -0.25) is 4.99 Å². The predicted molar refractivity (Wildman–Crippen MR) is 131 cm³/mol. The van der Waals surface area contributed by atoms with Gasteiger partial charge in [-0.25, -0.2) is 4.98 Å². The summed E-state index contributed by atoms with van der Waals surface area (Å²) in [4.78, 5) is 18.6. The number of hydrogen-bond acceptors (Lipinski definition) is 6. The molecular formula is C24H35N7O. The van der Waals surface area contributed by atoms with E-state index in [1.165, 1.54) is 0 Å². The van der Waals surface area contributed by atoms with Crippen LogP contribution in [0.1, 0.15) is 5.56 Å². The fourth-order valence-electron chi connectivity index (χ4n) is 4.31. The van der Waals surface area contributed by atoms with Crippen LogP contribution < -0.4 is 19.9 Å². The van der Waals surface area contributed by atoms with E-state index in [4.69, 9.17) is 9.72 Å². The largest absolute Gasteiger partial charge is 0.495 e. The Kier molecular flexibility index (Phi) is 7.32. The number of guanidine groups is 1.